The highest BCUT2D eigenvalue weighted by Crippen LogP contribution is 2.30. The molecule has 0 unspecified atom stereocenters. The van der Waals surface area contributed by atoms with Gasteiger partial charge in [-0.1, -0.05) is 23.7 Å². The van der Waals surface area contributed by atoms with E-state index >= 15 is 0 Å². The monoisotopic (exact) mass is 318 g/mol. The first-order valence-corrected chi connectivity index (χ1v) is 7.67. The van der Waals surface area contributed by atoms with Crippen molar-refractivity contribution >= 4 is 45.7 Å². The molecule has 6 heteroatoms. The third-order valence-electron chi connectivity index (χ3n) is 3.30. The van der Waals surface area contributed by atoms with E-state index in [4.69, 9.17) is 11.6 Å². The maximum atomic E-state index is 6.26. The average Bonchev–Trinajstić information content (AvgIpc) is 2.95. The summed E-state index contributed by atoms with van der Waals surface area (Å²) >= 11 is 7.46. The lowest BCUT2D eigenvalue weighted by atomic mass is 10.2. The van der Waals surface area contributed by atoms with Gasteiger partial charge in [0.05, 0.1) is 22.4 Å². The second kappa shape index (κ2) is 5.87. The molecule has 0 bridgehead atoms. The molecule has 0 amide bonds. The number of benzene rings is 2. The molecule has 0 atom stereocenters. The second-order valence-corrected chi connectivity index (χ2v) is 5.90. The van der Waals surface area contributed by atoms with E-state index in [-0.39, 0.29) is 0 Å². The molecule has 1 N–H and O–H groups in total. The fraction of sp³-hybridized carbons (Fsp3) is 0.200. The molecule has 0 spiro atoms. The van der Waals surface area contributed by atoms with E-state index in [1.807, 2.05) is 26.2 Å². The Labute approximate surface area is 132 Å². The van der Waals surface area contributed by atoms with Crippen molar-refractivity contribution in [3.8, 4) is 0 Å². The molecule has 0 saturated heterocycles. The first kappa shape index (κ1) is 14.1. The summed E-state index contributed by atoms with van der Waals surface area (Å²) < 4.78 is 8.54. The van der Waals surface area contributed by atoms with Crippen LogP contribution in [0.5, 0.6) is 0 Å². The third-order valence-corrected chi connectivity index (χ3v) is 4.16. The van der Waals surface area contributed by atoms with Crippen molar-refractivity contribution in [3.05, 3.63) is 47.0 Å². The van der Waals surface area contributed by atoms with Crippen LogP contribution in [-0.4, -0.2) is 22.8 Å². The normalized spacial score (nSPS) is 10.8. The maximum absolute atomic E-state index is 6.26. The fourth-order valence-corrected chi connectivity index (χ4v) is 2.86. The minimum Gasteiger partial charge on any atom is -0.378 e. The van der Waals surface area contributed by atoms with E-state index in [1.165, 1.54) is 23.0 Å². The van der Waals surface area contributed by atoms with E-state index in [1.54, 1.807) is 0 Å². The van der Waals surface area contributed by atoms with Crippen LogP contribution in [0.4, 0.5) is 11.4 Å². The molecule has 2 aromatic carbocycles. The Balaban J connectivity index is 1.80. The van der Waals surface area contributed by atoms with Gasteiger partial charge < -0.3 is 10.2 Å². The van der Waals surface area contributed by atoms with E-state index in [2.05, 4.69) is 43.2 Å². The highest BCUT2D eigenvalue weighted by Gasteiger charge is 2.09. The number of aromatic nitrogens is 2. The van der Waals surface area contributed by atoms with Crippen LogP contribution in [0.1, 0.15) is 5.56 Å². The van der Waals surface area contributed by atoms with Crippen molar-refractivity contribution in [3.63, 3.8) is 0 Å². The second-order valence-electron chi connectivity index (χ2n) is 4.97. The summed E-state index contributed by atoms with van der Waals surface area (Å²) in [5, 5.41) is 4.03. The van der Waals surface area contributed by atoms with Crippen LogP contribution in [0, 0.1) is 0 Å². The Morgan fingerprint density at radius 3 is 2.57 bits per heavy atom. The zero-order valence-corrected chi connectivity index (χ0v) is 13.4. The Morgan fingerprint density at radius 2 is 1.86 bits per heavy atom. The van der Waals surface area contributed by atoms with Gasteiger partial charge >= 0.3 is 0 Å². The standard InChI is InChI=1S/C15H15ClN4S/c1-20(2)11-5-3-10(4-6-11)9-17-14-12(16)7-8-13-15(14)19-21-18-13/h3-8,17H,9H2,1-2H3. The summed E-state index contributed by atoms with van der Waals surface area (Å²) in [6, 6.07) is 12.2. The van der Waals surface area contributed by atoms with Gasteiger partial charge in [0, 0.05) is 26.3 Å². The van der Waals surface area contributed by atoms with Crippen molar-refractivity contribution in [2.75, 3.05) is 24.3 Å². The van der Waals surface area contributed by atoms with Gasteiger partial charge in [0.1, 0.15) is 11.0 Å². The van der Waals surface area contributed by atoms with Crippen molar-refractivity contribution in [2.24, 2.45) is 0 Å². The molecule has 1 heterocycles. The molecule has 3 aromatic rings. The van der Waals surface area contributed by atoms with Crippen LogP contribution in [0.15, 0.2) is 36.4 Å². The van der Waals surface area contributed by atoms with Crippen molar-refractivity contribution < 1.29 is 0 Å². The van der Waals surface area contributed by atoms with E-state index in [0.29, 0.717) is 11.6 Å². The summed E-state index contributed by atoms with van der Waals surface area (Å²) in [5.41, 5.74) is 4.92. The van der Waals surface area contributed by atoms with Crippen LogP contribution in [-0.2, 0) is 6.54 Å². The molecule has 21 heavy (non-hydrogen) atoms. The van der Waals surface area contributed by atoms with Crippen LogP contribution >= 0.6 is 23.3 Å². The zero-order chi connectivity index (χ0) is 14.8. The van der Waals surface area contributed by atoms with E-state index < -0.39 is 0 Å². The molecule has 3 rings (SSSR count). The molecule has 0 fully saturated rings. The molecule has 1 aromatic heterocycles. The van der Waals surface area contributed by atoms with Gasteiger partial charge in [0.15, 0.2) is 0 Å². The first-order valence-electron chi connectivity index (χ1n) is 6.56. The Morgan fingerprint density at radius 1 is 1.10 bits per heavy atom. The molecular formula is C15H15ClN4S. The topological polar surface area (TPSA) is 41.0 Å². The summed E-state index contributed by atoms with van der Waals surface area (Å²) in [6.45, 7) is 0.698. The minimum absolute atomic E-state index is 0.667. The lowest BCUT2D eigenvalue weighted by Crippen LogP contribution is -2.08. The molecule has 0 saturated carbocycles. The van der Waals surface area contributed by atoms with Gasteiger partial charge in [-0.05, 0) is 29.8 Å². The number of nitrogens with zero attached hydrogens (tertiary/aromatic N) is 3. The van der Waals surface area contributed by atoms with E-state index in [0.717, 1.165) is 16.7 Å². The van der Waals surface area contributed by atoms with Gasteiger partial charge in [-0.3, -0.25) is 0 Å². The Bertz CT molecular complexity index is 752. The van der Waals surface area contributed by atoms with Crippen LogP contribution < -0.4 is 10.2 Å². The highest BCUT2D eigenvalue weighted by molar-refractivity contribution is 7.00. The Kier molecular flexibility index (Phi) is 3.94. The first-order chi connectivity index (χ1) is 10.1. The summed E-state index contributed by atoms with van der Waals surface area (Å²) in [6.07, 6.45) is 0. The molecule has 108 valence electrons. The quantitative estimate of drug-likeness (QED) is 0.788. The largest absolute Gasteiger partial charge is 0.378 e. The summed E-state index contributed by atoms with van der Waals surface area (Å²) in [4.78, 5) is 2.08. The van der Waals surface area contributed by atoms with Crippen molar-refractivity contribution in [1.29, 1.82) is 0 Å². The van der Waals surface area contributed by atoms with Crippen LogP contribution in [0.3, 0.4) is 0 Å². The number of hydrogen-bond acceptors (Lipinski definition) is 5. The van der Waals surface area contributed by atoms with Crippen molar-refractivity contribution in [2.45, 2.75) is 6.54 Å². The van der Waals surface area contributed by atoms with E-state index in [9.17, 15) is 0 Å². The molecule has 0 aliphatic rings. The van der Waals surface area contributed by atoms with Crippen LogP contribution in [0.25, 0.3) is 11.0 Å². The maximum Gasteiger partial charge on any atom is 0.129 e. The molecule has 4 nitrogen and oxygen atoms in total. The number of nitrogens with one attached hydrogen (secondary N) is 1. The smallest absolute Gasteiger partial charge is 0.129 e. The van der Waals surface area contributed by atoms with Gasteiger partial charge in [-0.25, -0.2) is 0 Å². The fourth-order valence-electron chi connectivity index (χ4n) is 2.10. The number of fused-ring (bicyclic) bond motifs is 1. The summed E-state index contributed by atoms with van der Waals surface area (Å²) in [7, 11) is 4.06. The summed E-state index contributed by atoms with van der Waals surface area (Å²) in [5.74, 6) is 0. The van der Waals surface area contributed by atoms with Gasteiger partial charge in [0.2, 0.25) is 0 Å². The molecule has 0 radical (unpaired) electrons. The predicted molar refractivity (Wildman–Crippen MR) is 90.5 cm³/mol. The number of halogens is 1. The van der Waals surface area contributed by atoms with Gasteiger partial charge in [-0.15, -0.1) is 0 Å². The predicted octanol–water partition coefficient (Wildman–Crippen LogP) is 4.02. The zero-order valence-electron chi connectivity index (χ0n) is 11.8. The highest BCUT2D eigenvalue weighted by atomic mass is 35.5. The Hall–Kier alpha value is -1.85. The molecular weight excluding hydrogens is 304 g/mol. The van der Waals surface area contributed by atoms with Crippen LogP contribution in [0.2, 0.25) is 5.02 Å². The van der Waals surface area contributed by atoms with Gasteiger partial charge in [-0.2, -0.15) is 8.75 Å². The average molecular weight is 319 g/mol. The van der Waals surface area contributed by atoms with Crippen molar-refractivity contribution in [1.82, 2.24) is 8.75 Å². The third kappa shape index (κ3) is 2.94. The lowest BCUT2D eigenvalue weighted by molar-refractivity contribution is 1.11. The van der Waals surface area contributed by atoms with Gasteiger partial charge in [0.25, 0.3) is 0 Å². The molecule has 0 aliphatic carbocycles. The number of hydrogen-bond donors (Lipinski definition) is 1. The minimum atomic E-state index is 0.667. The number of anilines is 2. The SMILES string of the molecule is CN(C)c1ccc(CNc2c(Cl)ccc3nsnc23)cc1. The number of rotatable bonds is 4. The molecule has 0 aliphatic heterocycles. The lowest BCUT2D eigenvalue weighted by Gasteiger charge is -2.13.